The van der Waals surface area contributed by atoms with E-state index in [1.807, 2.05) is 30.3 Å². The molecule has 2 aromatic rings. The number of carbonyl (C=O) groups excluding carboxylic acids is 1. The van der Waals surface area contributed by atoms with Crippen molar-refractivity contribution >= 4 is 11.6 Å². The number of amides is 1. The van der Waals surface area contributed by atoms with Gasteiger partial charge in [0.15, 0.2) is 16.9 Å². The van der Waals surface area contributed by atoms with Gasteiger partial charge in [-0.3, -0.25) is 9.69 Å². The predicted octanol–water partition coefficient (Wildman–Crippen LogP) is 4.59. The summed E-state index contributed by atoms with van der Waals surface area (Å²) in [7, 11) is 0. The molecule has 8 heteroatoms. The van der Waals surface area contributed by atoms with Gasteiger partial charge >= 0.3 is 6.18 Å². The molecule has 2 aliphatic heterocycles. The maximum atomic E-state index is 14.1. The highest BCUT2D eigenvalue weighted by atomic mass is 19.4. The minimum Gasteiger partial charge on any atom is -0.449 e. The molecule has 0 aliphatic carbocycles. The highest BCUT2D eigenvalue weighted by Crippen LogP contribution is 2.47. The summed E-state index contributed by atoms with van der Waals surface area (Å²) < 4.78 is 53.4. The zero-order chi connectivity index (χ0) is 21.6. The van der Waals surface area contributed by atoms with Gasteiger partial charge in [0.05, 0.1) is 0 Å². The normalized spacial score (nSPS) is 22.8. The van der Waals surface area contributed by atoms with Gasteiger partial charge in [-0.05, 0) is 30.7 Å². The lowest BCUT2D eigenvalue weighted by atomic mass is 9.85. The zero-order valence-electron chi connectivity index (χ0n) is 16.8. The van der Waals surface area contributed by atoms with Crippen LogP contribution in [0.2, 0.25) is 0 Å². The number of alkyl halides is 3. The number of fused-ring (bicyclic) bond motifs is 1. The third-order valence-electron chi connectivity index (χ3n) is 5.49. The van der Waals surface area contributed by atoms with E-state index in [-0.39, 0.29) is 25.2 Å². The number of hydrogen-bond acceptors (Lipinski definition) is 4. The van der Waals surface area contributed by atoms with Crippen LogP contribution in [0.1, 0.15) is 25.8 Å². The van der Waals surface area contributed by atoms with Crippen molar-refractivity contribution < 1.29 is 27.4 Å². The first-order chi connectivity index (χ1) is 14.1. The van der Waals surface area contributed by atoms with Gasteiger partial charge < -0.3 is 14.8 Å². The fourth-order valence-electron chi connectivity index (χ4n) is 3.96. The first kappa shape index (κ1) is 20.5. The Labute approximate surface area is 172 Å². The van der Waals surface area contributed by atoms with Gasteiger partial charge in [-0.15, -0.1) is 0 Å². The van der Waals surface area contributed by atoms with Crippen LogP contribution < -0.4 is 14.8 Å². The van der Waals surface area contributed by atoms with E-state index in [2.05, 4.69) is 5.32 Å². The molecule has 1 saturated heterocycles. The van der Waals surface area contributed by atoms with Crippen LogP contribution >= 0.6 is 0 Å². The van der Waals surface area contributed by atoms with E-state index in [1.165, 1.54) is 12.1 Å². The molecule has 2 aromatic carbocycles. The van der Waals surface area contributed by atoms with Crippen LogP contribution in [0.3, 0.4) is 0 Å². The SMILES string of the molecule is CC1(C)Oc2ccc(NC(=O)C3(C(F)(F)F)CCN(Cc4ccccc4)C3)cc2O1. The Kier molecular flexibility index (Phi) is 4.92. The fourth-order valence-corrected chi connectivity index (χ4v) is 3.96. The van der Waals surface area contributed by atoms with Crippen molar-refractivity contribution in [2.45, 2.75) is 38.8 Å². The summed E-state index contributed by atoms with van der Waals surface area (Å²) in [5.74, 6) is -1.04. The molecule has 1 fully saturated rings. The second-order valence-corrected chi connectivity index (χ2v) is 8.25. The first-order valence-corrected chi connectivity index (χ1v) is 9.75. The van der Waals surface area contributed by atoms with Gasteiger partial charge in [0.25, 0.3) is 0 Å². The van der Waals surface area contributed by atoms with E-state index in [0.717, 1.165) is 5.56 Å². The number of likely N-dealkylation sites (tertiary alicyclic amines) is 1. The molecule has 2 aliphatic rings. The molecule has 160 valence electrons. The number of nitrogens with one attached hydrogen (secondary N) is 1. The number of hydrogen-bond donors (Lipinski definition) is 1. The topological polar surface area (TPSA) is 50.8 Å². The maximum absolute atomic E-state index is 14.1. The minimum absolute atomic E-state index is 0.192. The highest BCUT2D eigenvalue weighted by Gasteiger charge is 2.63. The van der Waals surface area contributed by atoms with Crippen LogP contribution in [0.5, 0.6) is 11.5 Å². The Bertz CT molecular complexity index is 946. The minimum atomic E-state index is -4.67. The quantitative estimate of drug-likeness (QED) is 0.786. The van der Waals surface area contributed by atoms with Gasteiger partial charge in [-0.2, -0.15) is 13.2 Å². The molecule has 2 heterocycles. The Balaban J connectivity index is 1.52. The summed E-state index contributed by atoms with van der Waals surface area (Å²) >= 11 is 0. The first-order valence-electron chi connectivity index (χ1n) is 9.75. The number of benzene rings is 2. The van der Waals surface area contributed by atoms with E-state index in [1.54, 1.807) is 24.8 Å². The van der Waals surface area contributed by atoms with Gasteiger partial charge in [-0.25, -0.2) is 0 Å². The largest absolute Gasteiger partial charge is 0.449 e. The van der Waals surface area contributed by atoms with Crippen molar-refractivity contribution in [3.8, 4) is 11.5 Å². The number of carbonyl (C=O) groups is 1. The van der Waals surface area contributed by atoms with Gasteiger partial charge in [-0.1, -0.05) is 30.3 Å². The smallest absolute Gasteiger partial charge is 0.404 e. The van der Waals surface area contributed by atoms with Crippen LogP contribution in [0.25, 0.3) is 0 Å². The van der Waals surface area contributed by atoms with Crippen LogP contribution in [0.15, 0.2) is 48.5 Å². The van der Waals surface area contributed by atoms with Gasteiger partial charge in [0.2, 0.25) is 11.7 Å². The Hall–Kier alpha value is -2.74. The Morgan fingerprint density at radius 1 is 1.10 bits per heavy atom. The molecular formula is C22H23F3N2O3. The third-order valence-corrected chi connectivity index (χ3v) is 5.49. The second kappa shape index (κ2) is 7.19. The summed E-state index contributed by atoms with van der Waals surface area (Å²) in [6.07, 6.45) is -4.95. The van der Waals surface area contributed by atoms with Crippen molar-refractivity contribution in [2.75, 3.05) is 18.4 Å². The van der Waals surface area contributed by atoms with E-state index < -0.39 is 23.3 Å². The van der Waals surface area contributed by atoms with Crippen molar-refractivity contribution in [1.29, 1.82) is 0 Å². The van der Waals surface area contributed by atoms with Gasteiger partial charge in [0.1, 0.15) is 0 Å². The molecule has 4 rings (SSSR count). The monoisotopic (exact) mass is 420 g/mol. The molecule has 30 heavy (non-hydrogen) atoms. The average molecular weight is 420 g/mol. The summed E-state index contributed by atoms with van der Waals surface area (Å²) in [4.78, 5) is 14.6. The number of halogens is 3. The summed E-state index contributed by atoms with van der Waals surface area (Å²) in [5.41, 5.74) is -1.31. The molecule has 0 spiro atoms. The lowest BCUT2D eigenvalue weighted by Gasteiger charge is -2.30. The van der Waals surface area contributed by atoms with Crippen LogP contribution in [0, 0.1) is 5.41 Å². The average Bonchev–Trinajstić information content (AvgIpc) is 3.22. The number of anilines is 1. The third kappa shape index (κ3) is 3.84. The van der Waals surface area contributed by atoms with Crippen LogP contribution in [0.4, 0.5) is 18.9 Å². The fraction of sp³-hybridized carbons (Fsp3) is 0.409. The number of nitrogens with zero attached hydrogens (tertiary/aromatic N) is 1. The van der Waals surface area contributed by atoms with Crippen LogP contribution in [-0.4, -0.2) is 35.9 Å². The highest BCUT2D eigenvalue weighted by molar-refractivity contribution is 5.96. The summed E-state index contributed by atoms with van der Waals surface area (Å²) in [6, 6.07) is 13.9. The molecule has 1 amide bonds. The van der Waals surface area contributed by atoms with Crippen molar-refractivity contribution in [3.05, 3.63) is 54.1 Å². The van der Waals surface area contributed by atoms with Crippen LogP contribution in [-0.2, 0) is 11.3 Å². The van der Waals surface area contributed by atoms with Gasteiger partial charge in [0, 0.05) is 38.7 Å². The van der Waals surface area contributed by atoms with Crippen molar-refractivity contribution in [3.63, 3.8) is 0 Å². The molecule has 5 nitrogen and oxygen atoms in total. The standard InChI is InChI=1S/C22H23F3N2O3/c1-20(2)29-17-9-8-16(12-18(17)30-20)26-19(28)21(22(23,24)25)10-11-27(14-21)13-15-6-4-3-5-7-15/h3-9,12H,10-11,13-14H2,1-2H3,(H,26,28). The molecule has 1 atom stereocenters. The number of rotatable bonds is 4. The summed E-state index contributed by atoms with van der Waals surface area (Å²) in [5, 5.41) is 2.45. The summed E-state index contributed by atoms with van der Waals surface area (Å²) in [6.45, 7) is 3.63. The molecule has 0 radical (unpaired) electrons. The van der Waals surface area contributed by atoms with E-state index in [0.29, 0.717) is 18.0 Å². The Morgan fingerprint density at radius 3 is 2.50 bits per heavy atom. The maximum Gasteiger partial charge on any atom is 0.404 e. The number of ether oxygens (including phenoxy) is 2. The molecule has 0 bridgehead atoms. The zero-order valence-corrected chi connectivity index (χ0v) is 16.8. The molecule has 1 N–H and O–H groups in total. The second-order valence-electron chi connectivity index (χ2n) is 8.25. The van der Waals surface area contributed by atoms with E-state index >= 15 is 0 Å². The van der Waals surface area contributed by atoms with E-state index in [9.17, 15) is 18.0 Å². The van der Waals surface area contributed by atoms with Crippen molar-refractivity contribution in [2.24, 2.45) is 5.41 Å². The molecule has 0 saturated carbocycles. The lowest BCUT2D eigenvalue weighted by Crippen LogP contribution is -2.49. The molecular weight excluding hydrogens is 397 g/mol. The predicted molar refractivity (Wildman–Crippen MR) is 105 cm³/mol. The molecule has 1 unspecified atom stereocenters. The Morgan fingerprint density at radius 2 is 1.80 bits per heavy atom. The molecule has 0 aromatic heterocycles. The lowest BCUT2D eigenvalue weighted by molar-refractivity contribution is -0.215. The van der Waals surface area contributed by atoms with Crippen molar-refractivity contribution in [1.82, 2.24) is 4.90 Å². The van der Waals surface area contributed by atoms with E-state index in [4.69, 9.17) is 9.47 Å².